The molecule has 1 saturated heterocycles. The molecular weight excluding hydrogens is 222 g/mol. The maximum Gasteiger partial charge on any atom is 0.137 e. The van der Waals surface area contributed by atoms with Crippen LogP contribution in [0.4, 0.5) is 0 Å². The highest BCUT2D eigenvalue weighted by molar-refractivity contribution is 6.32. The molecule has 1 aliphatic heterocycles. The topological polar surface area (TPSA) is 21.3 Å². The molecule has 16 heavy (non-hydrogen) atoms. The van der Waals surface area contributed by atoms with E-state index >= 15 is 0 Å². The van der Waals surface area contributed by atoms with Crippen LogP contribution in [-0.2, 0) is 0 Å². The van der Waals surface area contributed by atoms with Gasteiger partial charge in [0.15, 0.2) is 0 Å². The lowest BCUT2D eigenvalue weighted by atomic mass is 10.0. The highest BCUT2D eigenvalue weighted by atomic mass is 35.5. The van der Waals surface area contributed by atoms with Gasteiger partial charge in [0.1, 0.15) is 5.75 Å². The molecule has 0 saturated carbocycles. The van der Waals surface area contributed by atoms with E-state index in [1.165, 1.54) is 12.8 Å². The van der Waals surface area contributed by atoms with Gasteiger partial charge >= 0.3 is 0 Å². The Kier molecular flexibility index (Phi) is 4.08. The second kappa shape index (κ2) is 5.55. The maximum absolute atomic E-state index is 6.11. The molecule has 2 nitrogen and oxygen atoms in total. The lowest BCUT2D eigenvalue weighted by Gasteiger charge is -2.23. The first kappa shape index (κ1) is 11.7. The van der Waals surface area contributed by atoms with Gasteiger partial charge in [-0.2, -0.15) is 0 Å². The SMILES string of the molecule is Cc1ccc(OC[C@H]2CCCNC2)c(Cl)c1. The van der Waals surface area contributed by atoms with E-state index < -0.39 is 0 Å². The van der Waals surface area contributed by atoms with Crippen molar-refractivity contribution in [2.24, 2.45) is 5.92 Å². The zero-order valence-electron chi connectivity index (χ0n) is 9.63. The second-order valence-electron chi connectivity index (χ2n) is 4.46. The molecule has 0 spiro atoms. The van der Waals surface area contributed by atoms with Crippen LogP contribution < -0.4 is 10.1 Å². The van der Waals surface area contributed by atoms with Crippen LogP contribution in [0.1, 0.15) is 18.4 Å². The number of aryl methyl sites for hydroxylation is 1. The number of benzene rings is 1. The Balaban J connectivity index is 1.88. The molecule has 1 atom stereocenters. The van der Waals surface area contributed by atoms with Crippen molar-refractivity contribution in [3.05, 3.63) is 28.8 Å². The Morgan fingerprint density at radius 1 is 1.50 bits per heavy atom. The fourth-order valence-corrected chi connectivity index (χ4v) is 2.29. The molecule has 0 unspecified atom stereocenters. The minimum Gasteiger partial charge on any atom is -0.492 e. The fourth-order valence-electron chi connectivity index (χ4n) is 2.00. The predicted molar refractivity (Wildman–Crippen MR) is 67.3 cm³/mol. The van der Waals surface area contributed by atoms with E-state index in [-0.39, 0.29) is 0 Å². The second-order valence-corrected chi connectivity index (χ2v) is 4.86. The van der Waals surface area contributed by atoms with E-state index in [0.717, 1.165) is 31.0 Å². The summed E-state index contributed by atoms with van der Waals surface area (Å²) in [6.07, 6.45) is 2.49. The van der Waals surface area contributed by atoms with Crippen molar-refractivity contribution in [2.75, 3.05) is 19.7 Å². The Morgan fingerprint density at radius 3 is 3.06 bits per heavy atom. The van der Waals surface area contributed by atoms with E-state index in [0.29, 0.717) is 10.9 Å². The first-order chi connectivity index (χ1) is 7.75. The third kappa shape index (κ3) is 3.13. The molecule has 0 bridgehead atoms. The van der Waals surface area contributed by atoms with Crippen molar-refractivity contribution >= 4 is 11.6 Å². The number of hydrogen-bond acceptors (Lipinski definition) is 2. The highest BCUT2D eigenvalue weighted by Gasteiger charge is 2.14. The van der Waals surface area contributed by atoms with Crippen molar-refractivity contribution < 1.29 is 4.74 Å². The van der Waals surface area contributed by atoms with E-state index in [9.17, 15) is 0 Å². The first-order valence-electron chi connectivity index (χ1n) is 5.85. The molecule has 1 aromatic carbocycles. The number of rotatable bonds is 3. The molecule has 3 heteroatoms. The summed E-state index contributed by atoms with van der Waals surface area (Å²) in [4.78, 5) is 0. The summed E-state index contributed by atoms with van der Waals surface area (Å²) < 4.78 is 5.76. The zero-order chi connectivity index (χ0) is 11.4. The average Bonchev–Trinajstić information content (AvgIpc) is 2.29. The van der Waals surface area contributed by atoms with E-state index in [1.807, 2.05) is 25.1 Å². The quantitative estimate of drug-likeness (QED) is 0.876. The summed E-state index contributed by atoms with van der Waals surface area (Å²) in [5.41, 5.74) is 1.16. The minimum atomic E-state index is 0.617. The van der Waals surface area contributed by atoms with Crippen molar-refractivity contribution in [3.63, 3.8) is 0 Å². The van der Waals surface area contributed by atoms with Gasteiger partial charge in [-0.15, -0.1) is 0 Å². The van der Waals surface area contributed by atoms with Gasteiger partial charge in [0, 0.05) is 12.5 Å². The third-order valence-corrected chi connectivity index (χ3v) is 3.26. The molecule has 0 aliphatic carbocycles. The molecule has 1 aliphatic rings. The summed E-state index contributed by atoms with van der Waals surface area (Å²) in [5.74, 6) is 1.42. The van der Waals surface area contributed by atoms with Crippen molar-refractivity contribution in [1.29, 1.82) is 0 Å². The average molecular weight is 240 g/mol. The van der Waals surface area contributed by atoms with E-state index in [2.05, 4.69) is 5.32 Å². The summed E-state index contributed by atoms with van der Waals surface area (Å²) in [5, 5.41) is 4.09. The summed E-state index contributed by atoms with van der Waals surface area (Å²) >= 11 is 6.11. The monoisotopic (exact) mass is 239 g/mol. The number of halogens is 1. The molecule has 0 aromatic heterocycles. The van der Waals surface area contributed by atoms with Crippen LogP contribution in [0.5, 0.6) is 5.75 Å². The minimum absolute atomic E-state index is 0.617. The van der Waals surface area contributed by atoms with Crippen molar-refractivity contribution in [3.8, 4) is 5.75 Å². The molecule has 1 aromatic rings. The smallest absolute Gasteiger partial charge is 0.137 e. The van der Waals surface area contributed by atoms with Crippen LogP contribution in [0, 0.1) is 12.8 Å². The lowest BCUT2D eigenvalue weighted by molar-refractivity contribution is 0.218. The van der Waals surface area contributed by atoms with Gasteiger partial charge < -0.3 is 10.1 Å². The number of piperidine rings is 1. The number of hydrogen-bond donors (Lipinski definition) is 1. The summed E-state index contributed by atoms with van der Waals surface area (Å²) in [6.45, 7) is 4.99. The summed E-state index contributed by atoms with van der Waals surface area (Å²) in [7, 11) is 0. The van der Waals surface area contributed by atoms with Crippen molar-refractivity contribution in [2.45, 2.75) is 19.8 Å². The zero-order valence-corrected chi connectivity index (χ0v) is 10.4. The molecule has 1 heterocycles. The molecule has 88 valence electrons. The van der Waals surface area contributed by atoms with Gasteiger partial charge in [0.2, 0.25) is 0 Å². The molecule has 2 rings (SSSR count). The number of nitrogens with one attached hydrogen (secondary N) is 1. The van der Waals surface area contributed by atoms with E-state index in [4.69, 9.17) is 16.3 Å². The lowest BCUT2D eigenvalue weighted by Crippen LogP contribution is -2.33. The van der Waals surface area contributed by atoms with Crippen LogP contribution in [0.25, 0.3) is 0 Å². The normalized spacial score (nSPS) is 20.8. The van der Waals surface area contributed by atoms with Crippen LogP contribution in [0.3, 0.4) is 0 Å². The molecule has 0 radical (unpaired) electrons. The van der Waals surface area contributed by atoms with Gasteiger partial charge in [0.05, 0.1) is 11.6 Å². The van der Waals surface area contributed by atoms with Gasteiger partial charge in [-0.1, -0.05) is 17.7 Å². The van der Waals surface area contributed by atoms with Gasteiger partial charge in [0.25, 0.3) is 0 Å². The van der Waals surface area contributed by atoms with Gasteiger partial charge in [-0.3, -0.25) is 0 Å². The predicted octanol–water partition coefficient (Wildman–Crippen LogP) is 3.03. The van der Waals surface area contributed by atoms with Crippen LogP contribution in [0.15, 0.2) is 18.2 Å². The maximum atomic E-state index is 6.11. The first-order valence-corrected chi connectivity index (χ1v) is 6.23. The van der Waals surface area contributed by atoms with Gasteiger partial charge in [-0.25, -0.2) is 0 Å². The van der Waals surface area contributed by atoms with Crippen molar-refractivity contribution in [1.82, 2.24) is 5.32 Å². The molecule has 0 amide bonds. The highest BCUT2D eigenvalue weighted by Crippen LogP contribution is 2.26. The van der Waals surface area contributed by atoms with Crippen LogP contribution >= 0.6 is 11.6 Å². The van der Waals surface area contributed by atoms with E-state index in [1.54, 1.807) is 0 Å². The summed E-state index contributed by atoms with van der Waals surface area (Å²) in [6, 6.07) is 5.92. The Hall–Kier alpha value is -0.730. The van der Waals surface area contributed by atoms with Gasteiger partial charge in [-0.05, 0) is 44.0 Å². The standard InChI is InChI=1S/C13H18ClNO/c1-10-4-5-13(12(14)7-10)16-9-11-3-2-6-15-8-11/h4-5,7,11,15H,2-3,6,8-9H2,1H3/t11-/m0/s1. The molecular formula is C13H18ClNO. The Morgan fingerprint density at radius 2 is 2.38 bits per heavy atom. The third-order valence-electron chi connectivity index (χ3n) is 2.96. The largest absolute Gasteiger partial charge is 0.492 e. The van der Waals surface area contributed by atoms with Crippen LogP contribution in [-0.4, -0.2) is 19.7 Å². The fraction of sp³-hybridized carbons (Fsp3) is 0.538. The Bertz CT molecular complexity index is 348. The number of ether oxygens (including phenoxy) is 1. The Labute approximate surface area is 102 Å². The van der Waals surface area contributed by atoms with Crippen LogP contribution in [0.2, 0.25) is 5.02 Å². The molecule has 1 N–H and O–H groups in total. The molecule has 1 fully saturated rings.